The minimum Gasteiger partial charge on any atom is -0.497 e. The van der Waals surface area contributed by atoms with Crippen molar-refractivity contribution in [2.45, 2.75) is 5.25 Å². The van der Waals surface area contributed by atoms with Gasteiger partial charge in [0, 0.05) is 11.8 Å². The highest BCUT2D eigenvalue weighted by atomic mass is 32.1. The molecule has 1 atom stereocenters. The van der Waals surface area contributed by atoms with E-state index >= 15 is 0 Å². The number of hydrogen-bond donors (Lipinski definition) is 2. The number of hydrogen-bond acceptors (Lipinski definition) is 3. The summed E-state index contributed by atoms with van der Waals surface area (Å²) in [6, 6.07) is 7.78. The zero-order chi connectivity index (χ0) is 8.97. The van der Waals surface area contributed by atoms with E-state index in [4.69, 9.17) is 10.5 Å². The van der Waals surface area contributed by atoms with E-state index in [1.165, 1.54) is 0 Å². The van der Waals surface area contributed by atoms with Gasteiger partial charge in [0.25, 0.3) is 0 Å². The second kappa shape index (κ2) is 4.38. The van der Waals surface area contributed by atoms with Crippen molar-refractivity contribution in [1.82, 2.24) is 0 Å². The van der Waals surface area contributed by atoms with Gasteiger partial charge < -0.3 is 10.5 Å². The monoisotopic (exact) mass is 183 g/mol. The molecule has 0 heterocycles. The van der Waals surface area contributed by atoms with Gasteiger partial charge in [0.1, 0.15) is 5.75 Å². The predicted molar refractivity (Wildman–Crippen MR) is 53.8 cm³/mol. The topological polar surface area (TPSA) is 35.2 Å². The van der Waals surface area contributed by atoms with E-state index in [0.717, 1.165) is 11.3 Å². The lowest BCUT2D eigenvalue weighted by Gasteiger charge is -2.08. The molecule has 0 aromatic heterocycles. The summed E-state index contributed by atoms with van der Waals surface area (Å²) in [5.74, 6) is 0.847. The van der Waals surface area contributed by atoms with Crippen LogP contribution in [-0.4, -0.2) is 13.7 Å². The van der Waals surface area contributed by atoms with E-state index in [0.29, 0.717) is 6.54 Å². The first-order chi connectivity index (χ1) is 5.77. The van der Waals surface area contributed by atoms with Crippen LogP contribution in [0.4, 0.5) is 0 Å². The summed E-state index contributed by atoms with van der Waals surface area (Å²) >= 11 is 4.33. The quantitative estimate of drug-likeness (QED) is 0.698. The molecule has 0 spiro atoms. The number of ether oxygens (including phenoxy) is 1. The number of rotatable bonds is 3. The van der Waals surface area contributed by atoms with Crippen molar-refractivity contribution >= 4 is 12.6 Å². The van der Waals surface area contributed by atoms with Crippen LogP contribution in [0.25, 0.3) is 0 Å². The zero-order valence-corrected chi connectivity index (χ0v) is 7.92. The maximum Gasteiger partial charge on any atom is 0.119 e. The van der Waals surface area contributed by atoms with Crippen LogP contribution in [0.1, 0.15) is 10.8 Å². The minimum atomic E-state index is 0.0973. The Labute approximate surface area is 78.1 Å². The van der Waals surface area contributed by atoms with Crippen LogP contribution in [0, 0.1) is 0 Å². The molecule has 0 aliphatic carbocycles. The van der Waals surface area contributed by atoms with Crippen molar-refractivity contribution in [1.29, 1.82) is 0 Å². The molecule has 2 N–H and O–H groups in total. The number of benzene rings is 1. The lowest BCUT2D eigenvalue weighted by Crippen LogP contribution is -2.06. The number of nitrogens with two attached hydrogens (primary N) is 1. The van der Waals surface area contributed by atoms with Crippen LogP contribution in [0.15, 0.2) is 24.3 Å². The normalized spacial score (nSPS) is 12.6. The zero-order valence-electron chi connectivity index (χ0n) is 7.03. The molecule has 66 valence electrons. The van der Waals surface area contributed by atoms with Gasteiger partial charge in [0.2, 0.25) is 0 Å². The molecular weight excluding hydrogens is 170 g/mol. The Morgan fingerprint density at radius 1 is 1.58 bits per heavy atom. The third-order valence-electron chi connectivity index (χ3n) is 1.70. The van der Waals surface area contributed by atoms with Gasteiger partial charge in [-0.2, -0.15) is 12.6 Å². The third kappa shape index (κ3) is 2.16. The standard InChI is InChI=1S/C9H13NOS/c1-11-8-4-2-3-7(5-8)9(12)6-10/h2-5,9,12H,6,10H2,1H3. The first kappa shape index (κ1) is 9.42. The van der Waals surface area contributed by atoms with Crippen LogP contribution >= 0.6 is 12.6 Å². The predicted octanol–water partition coefficient (Wildman–Crippen LogP) is 1.62. The Balaban J connectivity index is 2.86. The SMILES string of the molecule is COc1cccc(C(S)CN)c1. The Hall–Kier alpha value is -0.670. The highest BCUT2D eigenvalue weighted by Gasteiger charge is 2.03. The highest BCUT2D eigenvalue weighted by Crippen LogP contribution is 2.22. The second-order valence-electron chi connectivity index (χ2n) is 2.53. The molecule has 12 heavy (non-hydrogen) atoms. The minimum absolute atomic E-state index is 0.0973. The van der Waals surface area contributed by atoms with E-state index in [1.807, 2.05) is 24.3 Å². The third-order valence-corrected chi connectivity index (χ3v) is 2.21. The molecule has 2 nitrogen and oxygen atoms in total. The molecule has 1 unspecified atom stereocenters. The molecule has 0 bridgehead atoms. The van der Waals surface area contributed by atoms with Gasteiger partial charge in [-0.15, -0.1) is 0 Å². The maximum atomic E-state index is 5.48. The van der Waals surface area contributed by atoms with Gasteiger partial charge in [0.05, 0.1) is 7.11 Å². The summed E-state index contributed by atoms with van der Waals surface area (Å²) in [5, 5.41) is 0.0973. The van der Waals surface area contributed by atoms with E-state index in [1.54, 1.807) is 7.11 Å². The van der Waals surface area contributed by atoms with Crippen LogP contribution in [0.3, 0.4) is 0 Å². The van der Waals surface area contributed by atoms with Crippen molar-refractivity contribution in [2.75, 3.05) is 13.7 Å². The van der Waals surface area contributed by atoms with E-state index in [-0.39, 0.29) is 5.25 Å². The van der Waals surface area contributed by atoms with Gasteiger partial charge in [-0.3, -0.25) is 0 Å². The number of thiol groups is 1. The van der Waals surface area contributed by atoms with E-state index < -0.39 is 0 Å². The fourth-order valence-electron chi connectivity index (χ4n) is 0.985. The smallest absolute Gasteiger partial charge is 0.119 e. The maximum absolute atomic E-state index is 5.48. The summed E-state index contributed by atoms with van der Waals surface area (Å²) in [6.45, 7) is 0.538. The van der Waals surface area contributed by atoms with Gasteiger partial charge in [-0.25, -0.2) is 0 Å². The largest absolute Gasteiger partial charge is 0.497 e. The fourth-order valence-corrected chi connectivity index (χ4v) is 1.15. The molecule has 0 saturated heterocycles. The molecule has 0 aliphatic rings. The Bertz CT molecular complexity index is 252. The lowest BCUT2D eigenvalue weighted by atomic mass is 10.1. The summed E-state index contributed by atoms with van der Waals surface area (Å²) in [4.78, 5) is 0. The summed E-state index contributed by atoms with van der Waals surface area (Å²) < 4.78 is 5.07. The Morgan fingerprint density at radius 3 is 2.92 bits per heavy atom. The van der Waals surface area contributed by atoms with Gasteiger partial charge in [-0.05, 0) is 17.7 Å². The van der Waals surface area contributed by atoms with E-state index in [9.17, 15) is 0 Å². The van der Waals surface area contributed by atoms with Crippen LogP contribution in [0.5, 0.6) is 5.75 Å². The van der Waals surface area contributed by atoms with Crippen molar-refractivity contribution in [2.24, 2.45) is 5.73 Å². The molecule has 1 rings (SSSR count). The summed E-state index contributed by atoms with van der Waals surface area (Å²) in [6.07, 6.45) is 0. The van der Waals surface area contributed by atoms with Gasteiger partial charge >= 0.3 is 0 Å². The molecule has 0 aliphatic heterocycles. The van der Waals surface area contributed by atoms with Crippen molar-refractivity contribution in [3.63, 3.8) is 0 Å². The summed E-state index contributed by atoms with van der Waals surface area (Å²) in [7, 11) is 1.65. The molecule has 1 aromatic carbocycles. The first-order valence-electron chi connectivity index (χ1n) is 3.80. The van der Waals surface area contributed by atoms with Gasteiger partial charge in [-0.1, -0.05) is 12.1 Å². The fraction of sp³-hybridized carbons (Fsp3) is 0.333. The first-order valence-corrected chi connectivity index (χ1v) is 4.31. The van der Waals surface area contributed by atoms with E-state index in [2.05, 4.69) is 12.6 Å². The molecule has 1 aromatic rings. The van der Waals surface area contributed by atoms with Crippen molar-refractivity contribution in [3.8, 4) is 5.75 Å². The second-order valence-corrected chi connectivity index (χ2v) is 3.15. The lowest BCUT2D eigenvalue weighted by molar-refractivity contribution is 0.414. The number of methoxy groups -OCH3 is 1. The highest BCUT2D eigenvalue weighted by molar-refractivity contribution is 7.80. The van der Waals surface area contributed by atoms with Crippen molar-refractivity contribution < 1.29 is 4.74 Å². The van der Waals surface area contributed by atoms with Crippen molar-refractivity contribution in [3.05, 3.63) is 29.8 Å². The molecule has 0 amide bonds. The summed E-state index contributed by atoms with van der Waals surface area (Å²) in [5.41, 5.74) is 6.58. The average Bonchev–Trinajstić information content (AvgIpc) is 2.17. The average molecular weight is 183 g/mol. The molecule has 3 heteroatoms. The Kier molecular flexibility index (Phi) is 3.44. The Morgan fingerprint density at radius 2 is 2.33 bits per heavy atom. The van der Waals surface area contributed by atoms with Crippen LogP contribution < -0.4 is 10.5 Å². The van der Waals surface area contributed by atoms with Crippen LogP contribution in [-0.2, 0) is 0 Å². The molecule has 0 fully saturated rings. The molecular formula is C9H13NOS. The molecule has 0 radical (unpaired) electrons. The van der Waals surface area contributed by atoms with Crippen LogP contribution in [0.2, 0.25) is 0 Å². The molecule has 0 saturated carbocycles. The van der Waals surface area contributed by atoms with Gasteiger partial charge in [0.15, 0.2) is 0 Å².